The van der Waals surface area contributed by atoms with Gasteiger partial charge in [0.05, 0.1) is 6.04 Å². The van der Waals surface area contributed by atoms with Gasteiger partial charge in [0.1, 0.15) is 5.82 Å². The molecule has 90 valence electrons. The largest absolute Gasteiger partial charge is 0.271 e. The lowest BCUT2D eigenvalue weighted by Gasteiger charge is -2.12. The standard InChI is InChI=1S/C13H15FN2S/c14-10-4-3-9-6-13(17-12(9)7-10)11(16-15)5-8-1-2-8/h3-4,6-8,11,16H,1-2,5,15H2. The van der Waals surface area contributed by atoms with Gasteiger partial charge in [0, 0.05) is 9.58 Å². The third-order valence-corrected chi connectivity index (χ3v) is 4.52. The van der Waals surface area contributed by atoms with Crippen LogP contribution < -0.4 is 11.3 Å². The first-order chi connectivity index (χ1) is 8.26. The maximum atomic E-state index is 13.1. The molecule has 4 heteroatoms. The molecule has 1 aliphatic carbocycles. The molecule has 1 aromatic heterocycles. The molecule has 1 aliphatic rings. The van der Waals surface area contributed by atoms with Gasteiger partial charge < -0.3 is 0 Å². The number of rotatable bonds is 4. The van der Waals surface area contributed by atoms with Gasteiger partial charge in [-0.25, -0.2) is 4.39 Å². The lowest BCUT2D eigenvalue weighted by Crippen LogP contribution is -2.27. The number of nitrogens with one attached hydrogen (secondary N) is 1. The summed E-state index contributed by atoms with van der Waals surface area (Å²) in [4.78, 5) is 1.21. The Morgan fingerprint density at radius 2 is 2.24 bits per heavy atom. The van der Waals surface area contributed by atoms with Crippen molar-refractivity contribution in [1.82, 2.24) is 5.43 Å². The molecule has 1 saturated carbocycles. The summed E-state index contributed by atoms with van der Waals surface area (Å²) in [5, 5.41) is 1.10. The number of nitrogens with two attached hydrogens (primary N) is 1. The minimum absolute atomic E-state index is 0.176. The first-order valence-corrected chi connectivity index (χ1v) is 6.73. The first-order valence-electron chi connectivity index (χ1n) is 5.91. The predicted octanol–water partition coefficient (Wildman–Crippen LogP) is 3.34. The van der Waals surface area contributed by atoms with Crippen LogP contribution in [-0.4, -0.2) is 0 Å². The van der Waals surface area contributed by atoms with E-state index in [0.717, 1.165) is 22.4 Å². The van der Waals surface area contributed by atoms with Crippen LogP contribution in [0.25, 0.3) is 10.1 Å². The van der Waals surface area contributed by atoms with E-state index in [0.29, 0.717) is 0 Å². The quantitative estimate of drug-likeness (QED) is 0.645. The Labute approximate surface area is 104 Å². The summed E-state index contributed by atoms with van der Waals surface area (Å²) < 4.78 is 14.1. The van der Waals surface area contributed by atoms with Gasteiger partial charge >= 0.3 is 0 Å². The van der Waals surface area contributed by atoms with Crippen LogP contribution >= 0.6 is 11.3 Å². The number of hydrazine groups is 1. The van der Waals surface area contributed by atoms with Gasteiger partial charge in [-0.2, -0.15) is 0 Å². The summed E-state index contributed by atoms with van der Waals surface area (Å²) in [6.07, 6.45) is 3.72. The van der Waals surface area contributed by atoms with E-state index >= 15 is 0 Å². The second kappa shape index (κ2) is 4.37. The van der Waals surface area contributed by atoms with Gasteiger partial charge in [-0.15, -0.1) is 11.3 Å². The van der Waals surface area contributed by atoms with Gasteiger partial charge in [-0.3, -0.25) is 11.3 Å². The molecule has 3 N–H and O–H groups in total. The molecule has 1 unspecified atom stereocenters. The minimum Gasteiger partial charge on any atom is -0.271 e. The van der Waals surface area contributed by atoms with Gasteiger partial charge in [-0.05, 0) is 35.9 Å². The number of benzene rings is 1. The highest BCUT2D eigenvalue weighted by molar-refractivity contribution is 7.19. The van der Waals surface area contributed by atoms with Crippen LogP contribution in [0.4, 0.5) is 4.39 Å². The monoisotopic (exact) mass is 250 g/mol. The molecule has 2 nitrogen and oxygen atoms in total. The van der Waals surface area contributed by atoms with E-state index in [1.165, 1.54) is 23.8 Å². The Morgan fingerprint density at radius 1 is 1.41 bits per heavy atom. The normalized spacial score (nSPS) is 17.5. The van der Waals surface area contributed by atoms with Crippen LogP contribution in [0.2, 0.25) is 0 Å². The third kappa shape index (κ3) is 2.34. The van der Waals surface area contributed by atoms with Crippen LogP contribution in [0.15, 0.2) is 24.3 Å². The molecule has 1 heterocycles. The Hall–Kier alpha value is -0.970. The molecular formula is C13H15FN2S. The number of hydrogen-bond acceptors (Lipinski definition) is 3. The second-order valence-electron chi connectivity index (χ2n) is 4.73. The lowest BCUT2D eigenvalue weighted by molar-refractivity contribution is 0.494. The van der Waals surface area contributed by atoms with Gasteiger partial charge in [-0.1, -0.05) is 18.9 Å². The number of thiophene rings is 1. The Morgan fingerprint density at radius 3 is 2.94 bits per heavy atom. The third-order valence-electron chi connectivity index (χ3n) is 3.31. The maximum absolute atomic E-state index is 13.1. The van der Waals surface area contributed by atoms with Crippen molar-refractivity contribution in [3.63, 3.8) is 0 Å². The minimum atomic E-state index is -0.176. The van der Waals surface area contributed by atoms with Crippen molar-refractivity contribution in [2.45, 2.75) is 25.3 Å². The molecular weight excluding hydrogens is 235 g/mol. The second-order valence-corrected chi connectivity index (χ2v) is 5.84. The zero-order valence-electron chi connectivity index (χ0n) is 9.45. The van der Waals surface area contributed by atoms with Crippen LogP contribution in [0.1, 0.15) is 30.2 Å². The summed E-state index contributed by atoms with van der Waals surface area (Å²) in [7, 11) is 0. The van der Waals surface area contributed by atoms with Gasteiger partial charge in [0.15, 0.2) is 0 Å². The molecule has 0 saturated heterocycles. The van der Waals surface area contributed by atoms with E-state index < -0.39 is 0 Å². The summed E-state index contributed by atoms with van der Waals surface area (Å²) in [6, 6.07) is 7.25. The van der Waals surface area contributed by atoms with Crippen molar-refractivity contribution in [2.24, 2.45) is 11.8 Å². The molecule has 0 radical (unpaired) electrons. The zero-order valence-corrected chi connectivity index (χ0v) is 10.3. The maximum Gasteiger partial charge on any atom is 0.124 e. The molecule has 3 rings (SSSR count). The molecule has 1 fully saturated rings. The molecule has 1 aromatic carbocycles. The zero-order chi connectivity index (χ0) is 11.8. The molecule has 17 heavy (non-hydrogen) atoms. The van der Waals surface area contributed by atoms with Crippen molar-refractivity contribution >= 4 is 21.4 Å². The summed E-state index contributed by atoms with van der Waals surface area (Å²) >= 11 is 1.63. The SMILES string of the molecule is NNC(CC1CC1)c1cc2ccc(F)cc2s1. The average Bonchev–Trinajstić information content (AvgIpc) is 3.04. The molecule has 0 bridgehead atoms. The Kier molecular flexibility index (Phi) is 2.86. The van der Waals surface area contributed by atoms with Crippen LogP contribution in [-0.2, 0) is 0 Å². The fourth-order valence-electron chi connectivity index (χ4n) is 2.15. The molecule has 1 atom stereocenters. The van der Waals surface area contributed by atoms with Crippen LogP contribution in [0.5, 0.6) is 0 Å². The molecule has 2 aromatic rings. The van der Waals surface area contributed by atoms with Gasteiger partial charge in [0.2, 0.25) is 0 Å². The van der Waals surface area contributed by atoms with E-state index in [-0.39, 0.29) is 11.9 Å². The summed E-state index contributed by atoms with van der Waals surface area (Å²) in [5.74, 6) is 6.26. The van der Waals surface area contributed by atoms with E-state index in [1.54, 1.807) is 17.4 Å². The topological polar surface area (TPSA) is 38.0 Å². The van der Waals surface area contributed by atoms with E-state index in [1.807, 2.05) is 6.07 Å². The highest BCUT2D eigenvalue weighted by atomic mass is 32.1. The van der Waals surface area contributed by atoms with Crippen molar-refractivity contribution in [3.05, 3.63) is 35.0 Å². The van der Waals surface area contributed by atoms with Crippen LogP contribution in [0, 0.1) is 11.7 Å². The Bertz CT molecular complexity index is 533. The predicted molar refractivity (Wildman–Crippen MR) is 69.2 cm³/mol. The Balaban J connectivity index is 1.92. The van der Waals surface area contributed by atoms with Crippen LogP contribution in [0.3, 0.4) is 0 Å². The highest BCUT2D eigenvalue weighted by Gasteiger charge is 2.26. The molecule has 0 aliphatic heterocycles. The first kappa shape index (κ1) is 11.1. The van der Waals surface area contributed by atoms with E-state index in [2.05, 4.69) is 11.5 Å². The van der Waals surface area contributed by atoms with Crippen molar-refractivity contribution in [2.75, 3.05) is 0 Å². The summed E-state index contributed by atoms with van der Waals surface area (Å²) in [6.45, 7) is 0. The fourth-order valence-corrected chi connectivity index (χ4v) is 3.31. The van der Waals surface area contributed by atoms with E-state index in [9.17, 15) is 4.39 Å². The number of hydrogen-bond donors (Lipinski definition) is 2. The average molecular weight is 250 g/mol. The van der Waals surface area contributed by atoms with Gasteiger partial charge in [0.25, 0.3) is 0 Å². The van der Waals surface area contributed by atoms with Crippen molar-refractivity contribution in [1.29, 1.82) is 0 Å². The van der Waals surface area contributed by atoms with Crippen molar-refractivity contribution in [3.8, 4) is 0 Å². The molecule has 0 spiro atoms. The summed E-state index contributed by atoms with van der Waals surface area (Å²) in [5.41, 5.74) is 2.88. The fraction of sp³-hybridized carbons (Fsp3) is 0.385. The molecule has 0 amide bonds. The number of halogens is 1. The van der Waals surface area contributed by atoms with Crippen molar-refractivity contribution < 1.29 is 4.39 Å². The smallest absolute Gasteiger partial charge is 0.124 e. The lowest BCUT2D eigenvalue weighted by atomic mass is 10.1. The highest BCUT2D eigenvalue weighted by Crippen LogP contribution is 2.40. The van der Waals surface area contributed by atoms with E-state index in [4.69, 9.17) is 5.84 Å². The number of fused-ring (bicyclic) bond motifs is 1.